The van der Waals surface area contributed by atoms with Crippen LogP contribution < -0.4 is 15.0 Å². The highest BCUT2D eigenvalue weighted by molar-refractivity contribution is 7.18. The molecule has 7 heteroatoms. The quantitative estimate of drug-likeness (QED) is 0.539. The molecule has 0 unspecified atom stereocenters. The maximum absolute atomic E-state index is 13.6. The Bertz CT molecular complexity index is 1060. The molecule has 2 heterocycles. The number of carboxylic acid groups (broad SMARTS) is 1. The smallest absolute Gasteiger partial charge is 0.449 e. The van der Waals surface area contributed by atoms with Crippen molar-refractivity contribution in [2.45, 2.75) is 25.8 Å². The molecule has 160 valence electrons. The molecule has 1 aliphatic rings. The molecule has 2 N–H and O–H groups in total. The van der Waals surface area contributed by atoms with Crippen molar-refractivity contribution in [3.63, 3.8) is 0 Å². The fourth-order valence-corrected chi connectivity index (χ4v) is 4.80. The molecule has 2 aromatic carbocycles. The zero-order valence-electron chi connectivity index (χ0n) is 17.2. The Kier molecular flexibility index (Phi) is 6.34. The third-order valence-electron chi connectivity index (χ3n) is 5.37. The summed E-state index contributed by atoms with van der Waals surface area (Å²) in [6, 6.07) is 18.9. The number of benzene rings is 2. The van der Waals surface area contributed by atoms with Gasteiger partial charge in [0, 0.05) is 16.5 Å². The van der Waals surface area contributed by atoms with Gasteiger partial charge in [-0.3, -0.25) is 4.79 Å². The summed E-state index contributed by atoms with van der Waals surface area (Å²) >= 11 is 1.24. The Morgan fingerprint density at radius 3 is 2.39 bits per heavy atom. The Labute approximate surface area is 185 Å². The van der Waals surface area contributed by atoms with Crippen molar-refractivity contribution in [3.8, 4) is 15.5 Å². The minimum Gasteiger partial charge on any atom is -0.449 e. The number of hydrogen-bond acceptors (Lipinski definition) is 5. The minimum atomic E-state index is -1.39. The van der Waals surface area contributed by atoms with E-state index in [1.165, 1.54) is 11.3 Å². The minimum absolute atomic E-state index is 0.0515. The third kappa shape index (κ3) is 4.78. The molecule has 6 nitrogen and oxygen atoms in total. The summed E-state index contributed by atoms with van der Waals surface area (Å²) in [5.74, 6) is -0.153. The van der Waals surface area contributed by atoms with Crippen molar-refractivity contribution in [2.24, 2.45) is 0 Å². The van der Waals surface area contributed by atoms with Crippen molar-refractivity contribution < 1.29 is 19.4 Å². The number of nitrogens with zero attached hydrogens (tertiary/aromatic N) is 1. The topological polar surface area (TPSA) is 78.9 Å². The summed E-state index contributed by atoms with van der Waals surface area (Å²) in [5, 5.41) is 12.9. The molecule has 31 heavy (non-hydrogen) atoms. The van der Waals surface area contributed by atoms with Crippen LogP contribution in [0.5, 0.6) is 5.06 Å². The Morgan fingerprint density at radius 1 is 1.06 bits per heavy atom. The second kappa shape index (κ2) is 9.32. The van der Waals surface area contributed by atoms with Crippen LogP contribution in [0.3, 0.4) is 0 Å². The molecule has 4 rings (SSSR count). The van der Waals surface area contributed by atoms with Gasteiger partial charge in [0.2, 0.25) is 5.06 Å². The van der Waals surface area contributed by atoms with Gasteiger partial charge in [-0.05, 0) is 56.6 Å². The highest BCUT2D eigenvalue weighted by Gasteiger charge is 2.32. The van der Waals surface area contributed by atoms with Gasteiger partial charge in [0.15, 0.2) is 0 Å². The molecule has 0 bridgehead atoms. The molecule has 1 aromatic heterocycles. The fraction of sp³-hybridized carbons (Fsp3) is 0.250. The lowest BCUT2D eigenvalue weighted by Crippen LogP contribution is -2.46. The van der Waals surface area contributed by atoms with Crippen LogP contribution >= 0.6 is 11.3 Å². The highest BCUT2D eigenvalue weighted by atomic mass is 32.1. The van der Waals surface area contributed by atoms with Gasteiger partial charge in [0.1, 0.15) is 0 Å². The van der Waals surface area contributed by atoms with E-state index in [-0.39, 0.29) is 17.0 Å². The lowest BCUT2D eigenvalue weighted by Gasteiger charge is -2.34. The summed E-state index contributed by atoms with van der Waals surface area (Å²) < 4.78 is 5.15. The number of thiophene rings is 1. The van der Waals surface area contributed by atoms with Crippen molar-refractivity contribution in [2.75, 3.05) is 18.0 Å². The standard InChI is InChI=1S/C24H24N2O4S/c1-16-7-9-18(10-8-16)22(27)26(19-11-13-25-14-12-19)20-15-21(17-5-3-2-4-6-17)31-23(20)30-24(28)29/h2-10,15,19,25H,11-14H2,1H3,(H,28,29). The van der Waals surface area contributed by atoms with E-state index in [1.54, 1.807) is 4.90 Å². The predicted octanol–water partition coefficient (Wildman–Crippen LogP) is 5.18. The fourth-order valence-electron chi connectivity index (χ4n) is 3.80. The van der Waals surface area contributed by atoms with Gasteiger partial charge >= 0.3 is 6.16 Å². The molecular weight excluding hydrogens is 412 g/mol. The van der Waals surface area contributed by atoms with Crippen LogP contribution in [0, 0.1) is 6.92 Å². The SMILES string of the molecule is Cc1ccc(C(=O)N(c2cc(-c3ccccc3)sc2OC(=O)O)C2CCNCC2)cc1. The number of rotatable bonds is 5. The van der Waals surface area contributed by atoms with Crippen LogP contribution in [0.1, 0.15) is 28.8 Å². The van der Waals surface area contributed by atoms with Crippen molar-refractivity contribution in [3.05, 3.63) is 71.8 Å². The van der Waals surface area contributed by atoms with Crippen molar-refractivity contribution in [1.29, 1.82) is 0 Å². The lowest BCUT2D eigenvalue weighted by atomic mass is 10.0. The van der Waals surface area contributed by atoms with Gasteiger partial charge in [0.05, 0.1) is 5.69 Å². The molecule has 0 spiro atoms. The third-order valence-corrected chi connectivity index (χ3v) is 6.42. The van der Waals surface area contributed by atoms with Crippen LogP contribution in [0.2, 0.25) is 0 Å². The van der Waals surface area contributed by atoms with Crippen LogP contribution in [-0.4, -0.2) is 36.3 Å². The van der Waals surface area contributed by atoms with E-state index in [1.807, 2.05) is 67.6 Å². The summed E-state index contributed by atoms with van der Waals surface area (Å²) in [6.07, 6.45) is 0.164. The predicted molar refractivity (Wildman–Crippen MR) is 122 cm³/mol. The van der Waals surface area contributed by atoms with E-state index >= 15 is 0 Å². The van der Waals surface area contributed by atoms with Crippen LogP contribution in [-0.2, 0) is 0 Å². The summed E-state index contributed by atoms with van der Waals surface area (Å²) in [4.78, 5) is 27.6. The second-order valence-electron chi connectivity index (χ2n) is 7.54. The molecule has 0 saturated carbocycles. The van der Waals surface area contributed by atoms with Gasteiger partial charge in [-0.15, -0.1) is 0 Å². The summed E-state index contributed by atoms with van der Waals surface area (Å²) in [7, 11) is 0. The van der Waals surface area contributed by atoms with Gasteiger partial charge in [-0.2, -0.15) is 0 Å². The first kappa shape index (κ1) is 21.1. The normalized spacial score (nSPS) is 14.2. The zero-order valence-corrected chi connectivity index (χ0v) is 18.0. The molecular formula is C24H24N2O4S. The lowest BCUT2D eigenvalue weighted by molar-refractivity contribution is 0.0969. The summed E-state index contributed by atoms with van der Waals surface area (Å²) in [6.45, 7) is 3.57. The van der Waals surface area contributed by atoms with Crippen LogP contribution in [0.25, 0.3) is 10.4 Å². The number of carbonyl (C=O) groups excluding carboxylic acids is 1. The number of piperidine rings is 1. The number of aryl methyl sites for hydroxylation is 1. The molecule has 1 amide bonds. The van der Waals surface area contributed by atoms with Crippen LogP contribution in [0.15, 0.2) is 60.7 Å². The van der Waals surface area contributed by atoms with Gasteiger partial charge < -0.3 is 20.1 Å². The molecule has 0 aliphatic carbocycles. The largest absolute Gasteiger partial charge is 0.512 e. The Balaban J connectivity index is 1.81. The molecule has 1 aliphatic heterocycles. The van der Waals surface area contributed by atoms with Gasteiger partial charge in [-0.1, -0.05) is 59.4 Å². The highest BCUT2D eigenvalue weighted by Crippen LogP contribution is 2.44. The molecule has 1 fully saturated rings. The van der Waals surface area contributed by atoms with E-state index in [2.05, 4.69) is 5.32 Å². The van der Waals surface area contributed by atoms with E-state index in [0.717, 1.165) is 41.9 Å². The Hall–Kier alpha value is -3.16. The van der Waals surface area contributed by atoms with Crippen LogP contribution in [0.4, 0.5) is 10.5 Å². The average Bonchev–Trinajstić information content (AvgIpc) is 3.18. The van der Waals surface area contributed by atoms with Gasteiger partial charge in [0.25, 0.3) is 5.91 Å². The second-order valence-corrected chi connectivity index (χ2v) is 8.55. The summed E-state index contributed by atoms with van der Waals surface area (Å²) in [5.41, 5.74) is 3.09. The van der Waals surface area contributed by atoms with E-state index in [4.69, 9.17) is 4.74 Å². The number of amides is 1. The number of hydrogen-bond donors (Lipinski definition) is 2. The van der Waals surface area contributed by atoms with E-state index in [0.29, 0.717) is 11.3 Å². The monoisotopic (exact) mass is 436 g/mol. The van der Waals surface area contributed by atoms with Gasteiger partial charge in [-0.25, -0.2) is 4.79 Å². The number of carbonyl (C=O) groups is 2. The molecule has 0 radical (unpaired) electrons. The molecule has 1 saturated heterocycles. The number of nitrogens with one attached hydrogen (secondary N) is 1. The molecule has 3 aromatic rings. The van der Waals surface area contributed by atoms with Crippen molar-refractivity contribution >= 4 is 29.1 Å². The first-order chi connectivity index (χ1) is 15.0. The maximum Gasteiger partial charge on any atom is 0.512 e. The van der Waals surface area contributed by atoms with E-state index in [9.17, 15) is 14.7 Å². The maximum atomic E-state index is 13.6. The van der Waals surface area contributed by atoms with Crippen molar-refractivity contribution in [1.82, 2.24) is 5.32 Å². The Morgan fingerprint density at radius 2 is 1.74 bits per heavy atom. The first-order valence-electron chi connectivity index (χ1n) is 10.2. The first-order valence-corrected chi connectivity index (χ1v) is 11.1. The number of ether oxygens (including phenoxy) is 1. The number of anilines is 1. The van der Waals surface area contributed by atoms with E-state index < -0.39 is 6.16 Å². The molecule has 0 atom stereocenters. The zero-order chi connectivity index (χ0) is 21.8. The average molecular weight is 437 g/mol.